The van der Waals surface area contributed by atoms with E-state index in [0.717, 1.165) is 16.0 Å². The van der Waals surface area contributed by atoms with Gasteiger partial charge in [-0.15, -0.1) is 11.3 Å². The van der Waals surface area contributed by atoms with E-state index in [1.165, 1.54) is 52.6 Å². The summed E-state index contributed by atoms with van der Waals surface area (Å²) in [6.45, 7) is 2.97. The molecule has 3 rings (SSSR count). The summed E-state index contributed by atoms with van der Waals surface area (Å²) < 4.78 is 18.5. The van der Waals surface area contributed by atoms with Crippen molar-refractivity contribution in [1.82, 2.24) is 9.80 Å². The second-order valence-electron chi connectivity index (χ2n) is 8.28. The fourth-order valence-electron chi connectivity index (χ4n) is 3.63. The average Bonchev–Trinajstić information content (AvgIpc) is 3.28. The molecule has 2 amide bonds. The molecule has 0 aliphatic heterocycles. The number of ether oxygens (including phenoxy) is 1. The number of nitro benzene ring substituents is 1. The lowest BCUT2D eigenvalue weighted by Crippen LogP contribution is -2.43. The SMILES string of the molecule is COCCCN(CC(=O)N(Cc1ccc(F)cc1)Cc1sccc1C)C(=O)c1cccc([N+](=O)[O-])c1. The number of rotatable bonds is 12. The highest BCUT2D eigenvalue weighted by Gasteiger charge is 2.24. The van der Waals surface area contributed by atoms with E-state index >= 15 is 0 Å². The van der Waals surface area contributed by atoms with Crippen molar-refractivity contribution in [3.8, 4) is 0 Å². The summed E-state index contributed by atoms with van der Waals surface area (Å²) in [5.74, 6) is -1.13. The zero-order chi connectivity index (χ0) is 26.1. The van der Waals surface area contributed by atoms with Crippen LogP contribution in [0.15, 0.2) is 60.0 Å². The first kappa shape index (κ1) is 27.0. The summed E-state index contributed by atoms with van der Waals surface area (Å²) in [5.41, 5.74) is 1.75. The summed E-state index contributed by atoms with van der Waals surface area (Å²) in [7, 11) is 1.55. The number of non-ortho nitro benzene ring substituents is 1. The highest BCUT2D eigenvalue weighted by molar-refractivity contribution is 7.10. The maximum Gasteiger partial charge on any atom is 0.270 e. The van der Waals surface area contributed by atoms with E-state index in [4.69, 9.17) is 4.74 Å². The standard InChI is InChI=1S/C26H28FN3O5S/c1-19-11-14-36-24(19)17-29(16-20-7-9-22(27)10-8-20)25(31)18-28(12-4-13-35-2)26(32)21-5-3-6-23(15-21)30(33)34/h3,5-11,14-15H,4,12-13,16-18H2,1-2H3. The quantitative estimate of drug-likeness (QED) is 0.197. The highest BCUT2D eigenvalue weighted by atomic mass is 32.1. The number of carbonyl (C=O) groups excluding carboxylic acids is 2. The number of methoxy groups -OCH3 is 1. The van der Waals surface area contributed by atoms with Gasteiger partial charge in [0.1, 0.15) is 12.4 Å². The summed E-state index contributed by atoms with van der Waals surface area (Å²) >= 11 is 1.54. The lowest BCUT2D eigenvalue weighted by Gasteiger charge is -2.28. The van der Waals surface area contributed by atoms with Crippen molar-refractivity contribution in [1.29, 1.82) is 0 Å². The minimum atomic E-state index is -0.564. The molecule has 0 aliphatic rings. The van der Waals surface area contributed by atoms with Gasteiger partial charge in [-0.25, -0.2) is 4.39 Å². The molecule has 0 bridgehead atoms. The second-order valence-corrected chi connectivity index (χ2v) is 9.28. The molecule has 0 atom stereocenters. The molecule has 3 aromatic rings. The van der Waals surface area contributed by atoms with Crippen LogP contribution in [0.5, 0.6) is 0 Å². The van der Waals surface area contributed by atoms with Crippen molar-refractivity contribution in [3.05, 3.63) is 97.5 Å². The Morgan fingerprint density at radius 3 is 2.47 bits per heavy atom. The summed E-state index contributed by atoms with van der Waals surface area (Å²) in [6, 6.07) is 13.4. The van der Waals surface area contributed by atoms with Gasteiger partial charge in [-0.05, 0) is 54.1 Å². The fraction of sp³-hybridized carbons (Fsp3) is 0.308. The van der Waals surface area contributed by atoms with E-state index in [9.17, 15) is 24.1 Å². The van der Waals surface area contributed by atoms with Crippen molar-refractivity contribution in [3.63, 3.8) is 0 Å². The lowest BCUT2D eigenvalue weighted by atomic mass is 10.1. The Labute approximate surface area is 213 Å². The maximum atomic E-state index is 13.5. The maximum absolute atomic E-state index is 13.5. The molecular formula is C26H28FN3O5S. The second kappa shape index (κ2) is 12.9. The van der Waals surface area contributed by atoms with Crippen LogP contribution in [0.3, 0.4) is 0 Å². The molecule has 0 unspecified atom stereocenters. The molecule has 0 saturated carbocycles. The van der Waals surface area contributed by atoms with Crippen LogP contribution in [0.25, 0.3) is 0 Å². The third-order valence-electron chi connectivity index (χ3n) is 5.64. The molecule has 1 heterocycles. The Balaban J connectivity index is 1.84. The minimum Gasteiger partial charge on any atom is -0.385 e. The number of aryl methyl sites for hydroxylation is 1. The number of thiophene rings is 1. The molecule has 10 heteroatoms. The number of hydrogen-bond acceptors (Lipinski definition) is 6. The molecule has 0 N–H and O–H groups in total. The van der Waals surface area contributed by atoms with Crippen LogP contribution in [0.2, 0.25) is 0 Å². The fourth-order valence-corrected chi connectivity index (χ4v) is 4.55. The molecular weight excluding hydrogens is 485 g/mol. The number of benzene rings is 2. The number of amides is 2. The van der Waals surface area contributed by atoms with Gasteiger partial charge in [0.05, 0.1) is 11.5 Å². The normalized spacial score (nSPS) is 10.8. The number of halogens is 1. The molecule has 2 aromatic carbocycles. The zero-order valence-corrected chi connectivity index (χ0v) is 21.0. The molecule has 190 valence electrons. The van der Waals surface area contributed by atoms with Crippen LogP contribution in [-0.2, 0) is 22.6 Å². The molecule has 0 radical (unpaired) electrons. The number of hydrogen-bond donors (Lipinski definition) is 0. The Morgan fingerprint density at radius 1 is 1.08 bits per heavy atom. The number of carbonyl (C=O) groups is 2. The number of nitro groups is 1. The van der Waals surface area contributed by atoms with Gasteiger partial charge >= 0.3 is 0 Å². The molecule has 0 fully saturated rings. The van der Waals surface area contributed by atoms with Crippen LogP contribution < -0.4 is 0 Å². The van der Waals surface area contributed by atoms with Crippen molar-refractivity contribution in [2.45, 2.75) is 26.4 Å². The van der Waals surface area contributed by atoms with Crippen molar-refractivity contribution in [2.75, 3.05) is 26.8 Å². The van der Waals surface area contributed by atoms with Gasteiger partial charge in [-0.2, -0.15) is 0 Å². The summed E-state index contributed by atoms with van der Waals surface area (Å²) in [6.07, 6.45) is 0.493. The van der Waals surface area contributed by atoms with Crippen molar-refractivity contribution < 1.29 is 23.6 Å². The first-order chi connectivity index (χ1) is 17.3. The van der Waals surface area contributed by atoms with Crippen LogP contribution in [-0.4, -0.2) is 53.3 Å². The summed E-state index contributed by atoms with van der Waals surface area (Å²) in [4.78, 5) is 41.5. The molecule has 1 aromatic heterocycles. The highest BCUT2D eigenvalue weighted by Crippen LogP contribution is 2.21. The van der Waals surface area contributed by atoms with Crippen LogP contribution in [0.4, 0.5) is 10.1 Å². The smallest absolute Gasteiger partial charge is 0.270 e. The third-order valence-corrected chi connectivity index (χ3v) is 6.64. The van der Waals surface area contributed by atoms with Gasteiger partial charge in [0.25, 0.3) is 11.6 Å². The Morgan fingerprint density at radius 2 is 1.83 bits per heavy atom. The predicted molar refractivity (Wildman–Crippen MR) is 135 cm³/mol. The van der Waals surface area contributed by atoms with Gasteiger partial charge in [-0.3, -0.25) is 19.7 Å². The third kappa shape index (κ3) is 7.43. The van der Waals surface area contributed by atoms with Crippen LogP contribution >= 0.6 is 11.3 Å². The van der Waals surface area contributed by atoms with E-state index in [1.54, 1.807) is 24.1 Å². The Hall–Kier alpha value is -3.63. The molecule has 0 aliphatic carbocycles. The van der Waals surface area contributed by atoms with Crippen LogP contribution in [0, 0.1) is 22.9 Å². The van der Waals surface area contributed by atoms with Gasteiger partial charge < -0.3 is 14.5 Å². The predicted octanol–water partition coefficient (Wildman–Crippen LogP) is 4.81. The Bertz CT molecular complexity index is 1200. The molecule has 0 saturated heterocycles. The molecule has 36 heavy (non-hydrogen) atoms. The first-order valence-electron chi connectivity index (χ1n) is 11.4. The van der Waals surface area contributed by atoms with Gasteiger partial charge in [-0.1, -0.05) is 18.2 Å². The van der Waals surface area contributed by atoms with Gasteiger partial charge in [0.15, 0.2) is 0 Å². The van der Waals surface area contributed by atoms with Crippen molar-refractivity contribution >= 4 is 28.8 Å². The van der Waals surface area contributed by atoms with Crippen molar-refractivity contribution in [2.24, 2.45) is 0 Å². The minimum absolute atomic E-state index is 0.133. The number of nitrogens with zero attached hydrogens (tertiary/aromatic N) is 3. The Kier molecular flexibility index (Phi) is 9.66. The monoisotopic (exact) mass is 513 g/mol. The van der Waals surface area contributed by atoms with E-state index in [0.29, 0.717) is 19.6 Å². The van der Waals surface area contributed by atoms with E-state index in [1.807, 2.05) is 18.4 Å². The first-order valence-corrected chi connectivity index (χ1v) is 12.2. The summed E-state index contributed by atoms with van der Waals surface area (Å²) in [5, 5.41) is 13.1. The van der Waals surface area contributed by atoms with E-state index < -0.39 is 10.8 Å². The van der Waals surface area contributed by atoms with E-state index in [-0.39, 0.29) is 42.6 Å². The molecule has 0 spiro atoms. The average molecular weight is 514 g/mol. The molecule has 8 nitrogen and oxygen atoms in total. The van der Waals surface area contributed by atoms with Crippen LogP contribution in [0.1, 0.15) is 32.8 Å². The topological polar surface area (TPSA) is 93.0 Å². The zero-order valence-electron chi connectivity index (χ0n) is 20.2. The lowest BCUT2D eigenvalue weighted by molar-refractivity contribution is -0.384. The van der Waals surface area contributed by atoms with E-state index in [2.05, 4.69) is 0 Å². The van der Waals surface area contributed by atoms with Gasteiger partial charge in [0.2, 0.25) is 5.91 Å². The largest absolute Gasteiger partial charge is 0.385 e. The van der Waals surface area contributed by atoms with Gasteiger partial charge in [0, 0.05) is 49.4 Å².